The summed E-state index contributed by atoms with van der Waals surface area (Å²) in [7, 11) is 0. The molecule has 0 aliphatic rings. The van der Waals surface area contributed by atoms with Crippen LogP contribution < -0.4 is 5.73 Å². The Hall–Kier alpha value is -1.49. The van der Waals surface area contributed by atoms with E-state index in [0.29, 0.717) is 0 Å². The third-order valence-electron chi connectivity index (χ3n) is 2.06. The molecule has 1 atom stereocenters. The van der Waals surface area contributed by atoms with Gasteiger partial charge in [-0.15, -0.1) is 0 Å². The fraction of sp³-hybridized carbons (Fsp3) is 0.364. The van der Waals surface area contributed by atoms with Crippen molar-refractivity contribution in [3.63, 3.8) is 0 Å². The summed E-state index contributed by atoms with van der Waals surface area (Å²) in [5.41, 5.74) is 5.56. The van der Waals surface area contributed by atoms with E-state index < -0.39 is 23.6 Å². The molecule has 0 saturated carbocycles. The largest absolute Gasteiger partial charge is 0.465 e. The highest BCUT2D eigenvalue weighted by Crippen LogP contribution is 2.13. The molecular formula is C11H13F2NO2. The van der Waals surface area contributed by atoms with Crippen LogP contribution >= 0.6 is 0 Å². The summed E-state index contributed by atoms with van der Waals surface area (Å²) in [6.45, 7) is 1.85. The van der Waals surface area contributed by atoms with Crippen molar-refractivity contribution < 1.29 is 18.3 Å². The van der Waals surface area contributed by atoms with Gasteiger partial charge >= 0.3 is 5.97 Å². The Morgan fingerprint density at radius 2 is 2.19 bits per heavy atom. The third kappa shape index (κ3) is 3.00. The number of hydrogen-bond donors (Lipinski definition) is 1. The minimum atomic E-state index is -0.976. The van der Waals surface area contributed by atoms with Gasteiger partial charge in [0.1, 0.15) is 6.04 Å². The molecule has 1 rings (SSSR count). The fourth-order valence-electron chi connectivity index (χ4n) is 1.28. The number of carbonyl (C=O) groups excluding carboxylic acids is 1. The van der Waals surface area contributed by atoms with Gasteiger partial charge in [-0.3, -0.25) is 4.79 Å². The van der Waals surface area contributed by atoms with Gasteiger partial charge < -0.3 is 10.5 Å². The molecule has 1 aromatic carbocycles. The normalized spacial score (nSPS) is 12.2. The van der Waals surface area contributed by atoms with Crippen molar-refractivity contribution in [1.82, 2.24) is 0 Å². The van der Waals surface area contributed by atoms with Crippen LogP contribution in [-0.2, 0) is 16.0 Å². The minimum absolute atomic E-state index is 0.0700. The zero-order valence-electron chi connectivity index (χ0n) is 8.87. The zero-order chi connectivity index (χ0) is 12.1. The topological polar surface area (TPSA) is 52.3 Å². The summed E-state index contributed by atoms with van der Waals surface area (Å²) in [4.78, 5) is 11.2. The lowest BCUT2D eigenvalue weighted by molar-refractivity contribution is -0.144. The summed E-state index contributed by atoms with van der Waals surface area (Å²) in [6.07, 6.45) is -0.0809. The van der Waals surface area contributed by atoms with Gasteiger partial charge in [0, 0.05) is 6.42 Å². The fourth-order valence-corrected chi connectivity index (χ4v) is 1.28. The molecule has 3 nitrogen and oxygen atoms in total. The van der Waals surface area contributed by atoms with Crippen molar-refractivity contribution in [3.05, 3.63) is 35.4 Å². The number of hydrogen-bond acceptors (Lipinski definition) is 3. The van der Waals surface area contributed by atoms with Gasteiger partial charge in [0.05, 0.1) is 6.61 Å². The highest BCUT2D eigenvalue weighted by molar-refractivity contribution is 5.75. The predicted molar refractivity (Wildman–Crippen MR) is 54.7 cm³/mol. The lowest BCUT2D eigenvalue weighted by Gasteiger charge is -2.11. The first kappa shape index (κ1) is 12.6. The van der Waals surface area contributed by atoms with Gasteiger partial charge in [-0.05, 0) is 18.6 Å². The maximum absolute atomic E-state index is 13.2. The number of nitrogens with two attached hydrogens (primary N) is 1. The van der Waals surface area contributed by atoms with Gasteiger partial charge in [0.2, 0.25) is 0 Å². The molecule has 0 aliphatic carbocycles. The van der Waals surface area contributed by atoms with Gasteiger partial charge in [0.25, 0.3) is 0 Å². The Labute approximate surface area is 92.2 Å². The molecule has 5 heteroatoms. The Morgan fingerprint density at radius 3 is 2.81 bits per heavy atom. The molecule has 0 fully saturated rings. The molecule has 2 N–H and O–H groups in total. The maximum atomic E-state index is 13.2. The predicted octanol–water partition coefficient (Wildman–Crippen LogP) is 1.40. The Balaban J connectivity index is 2.73. The minimum Gasteiger partial charge on any atom is -0.465 e. The van der Waals surface area contributed by atoms with Crippen molar-refractivity contribution >= 4 is 5.97 Å². The van der Waals surface area contributed by atoms with Gasteiger partial charge in [-0.2, -0.15) is 0 Å². The van der Waals surface area contributed by atoms with Crippen LogP contribution in [0, 0.1) is 11.6 Å². The van der Waals surface area contributed by atoms with Crippen LogP contribution in [0.1, 0.15) is 12.5 Å². The molecule has 16 heavy (non-hydrogen) atoms. The molecule has 0 unspecified atom stereocenters. The molecule has 0 amide bonds. The molecule has 0 aliphatic heterocycles. The molecule has 0 saturated heterocycles. The SMILES string of the molecule is CCOC(=O)[C@@H](N)Cc1cccc(F)c1F. The highest BCUT2D eigenvalue weighted by atomic mass is 19.2. The maximum Gasteiger partial charge on any atom is 0.323 e. The highest BCUT2D eigenvalue weighted by Gasteiger charge is 2.18. The zero-order valence-corrected chi connectivity index (χ0v) is 8.87. The van der Waals surface area contributed by atoms with E-state index in [9.17, 15) is 13.6 Å². The van der Waals surface area contributed by atoms with E-state index in [1.807, 2.05) is 0 Å². The number of ether oxygens (including phenoxy) is 1. The van der Waals surface area contributed by atoms with Crippen LogP contribution in [0.2, 0.25) is 0 Å². The number of halogens is 2. The summed E-state index contributed by atoms with van der Waals surface area (Å²) in [6, 6.07) is 2.79. The van der Waals surface area contributed by atoms with E-state index in [4.69, 9.17) is 5.73 Å². The number of rotatable bonds is 4. The van der Waals surface area contributed by atoms with E-state index in [2.05, 4.69) is 4.74 Å². The lowest BCUT2D eigenvalue weighted by atomic mass is 10.1. The molecule has 88 valence electrons. The van der Waals surface area contributed by atoms with Gasteiger partial charge in [0.15, 0.2) is 11.6 Å². The van der Waals surface area contributed by atoms with E-state index in [-0.39, 0.29) is 18.6 Å². The lowest BCUT2D eigenvalue weighted by Crippen LogP contribution is -2.34. The quantitative estimate of drug-likeness (QED) is 0.794. The molecule has 0 heterocycles. The first-order valence-electron chi connectivity index (χ1n) is 4.91. The number of carbonyl (C=O) groups is 1. The standard InChI is InChI=1S/C11H13F2NO2/c1-2-16-11(15)9(14)6-7-4-3-5-8(12)10(7)13/h3-5,9H,2,6,14H2,1H3/t9-/m0/s1. The van der Waals surface area contributed by atoms with E-state index >= 15 is 0 Å². The number of esters is 1. The Morgan fingerprint density at radius 1 is 1.50 bits per heavy atom. The first-order chi connectivity index (χ1) is 7.56. The first-order valence-corrected chi connectivity index (χ1v) is 4.91. The molecule has 0 bridgehead atoms. The smallest absolute Gasteiger partial charge is 0.323 e. The molecular weight excluding hydrogens is 216 g/mol. The summed E-state index contributed by atoms with van der Waals surface area (Å²) < 4.78 is 30.7. The van der Waals surface area contributed by atoms with Gasteiger partial charge in [-0.25, -0.2) is 8.78 Å². The van der Waals surface area contributed by atoms with Crippen molar-refractivity contribution in [2.75, 3.05) is 6.61 Å². The molecule has 1 aromatic rings. The average molecular weight is 229 g/mol. The van der Waals surface area contributed by atoms with Crippen molar-refractivity contribution in [3.8, 4) is 0 Å². The molecule has 0 spiro atoms. The van der Waals surface area contributed by atoms with Crippen LogP contribution in [0.3, 0.4) is 0 Å². The number of benzene rings is 1. The van der Waals surface area contributed by atoms with Crippen molar-refractivity contribution in [2.45, 2.75) is 19.4 Å². The molecule has 0 radical (unpaired) electrons. The second kappa shape index (κ2) is 5.55. The van der Waals surface area contributed by atoms with Crippen molar-refractivity contribution in [2.24, 2.45) is 5.73 Å². The van der Waals surface area contributed by atoms with Crippen LogP contribution in [0.5, 0.6) is 0 Å². The Bertz CT molecular complexity index is 382. The van der Waals surface area contributed by atoms with Crippen LogP contribution in [0.4, 0.5) is 8.78 Å². The summed E-state index contributed by atoms with van der Waals surface area (Å²) >= 11 is 0. The van der Waals surface area contributed by atoms with Gasteiger partial charge in [-0.1, -0.05) is 12.1 Å². The van der Waals surface area contributed by atoms with Crippen LogP contribution in [0.25, 0.3) is 0 Å². The Kier molecular flexibility index (Phi) is 4.37. The van der Waals surface area contributed by atoms with Crippen molar-refractivity contribution in [1.29, 1.82) is 0 Å². The van der Waals surface area contributed by atoms with Crippen LogP contribution in [-0.4, -0.2) is 18.6 Å². The van der Waals surface area contributed by atoms with E-state index in [1.165, 1.54) is 12.1 Å². The monoisotopic (exact) mass is 229 g/mol. The van der Waals surface area contributed by atoms with E-state index in [1.54, 1.807) is 6.92 Å². The second-order valence-electron chi connectivity index (χ2n) is 3.28. The van der Waals surface area contributed by atoms with Crippen LogP contribution in [0.15, 0.2) is 18.2 Å². The third-order valence-corrected chi connectivity index (χ3v) is 2.06. The second-order valence-corrected chi connectivity index (χ2v) is 3.28. The average Bonchev–Trinajstić information content (AvgIpc) is 2.25. The summed E-state index contributed by atoms with van der Waals surface area (Å²) in [5, 5.41) is 0. The van der Waals surface area contributed by atoms with E-state index in [0.717, 1.165) is 6.07 Å². The summed E-state index contributed by atoms with van der Waals surface area (Å²) in [5.74, 6) is -2.54. The molecule has 0 aromatic heterocycles.